The van der Waals surface area contributed by atoms with Gasteiger partial charge in [0.1, 0.15) is 6.07 Å². The lowest BCUT2D eigenvalue weighted by Gasteiger charge is -2.29. The molecule has 0 unspecified atom stereocenters. The van der Waals surface area contributed by atoms with Gasteiger partial charge in [0.2, 0.25) is 0 Å². The van der Waals surface area contributed by atoms with Crippen molar-refractivity contribution >= 4 is 21.6 Å². The highest BCUT2D eigenvalue weighted by Crippen LogP contribution is 2.23. The van der Waals surface area contributed by atoms with Crippen LogP contribution in [0.25, 0.3) is 0 Å². The summed E-state index contributed by atoms with van der Waals surface area (Å²) in [5.41, 5.74) is 2.91. The maximum Gasteiger partial charge on any atom is 0.101 e. The lowest BCUT2D eigenvalue weighted by molar-refractivity contribution is 0.122. The minimum absolute atomic E-state index is 0.741. The Morgan fingerprint density at radius 1 is 1.38 bits per heavy atom. The van der Waals surface area contributed by atoms with Crippen molar-refractivity contribution in [2.45, 2.75) is 5.33 Å². The van der Waals surface area contributed by atoms with Gasteiger partial charge >= 0.3 is 0 Å². The molecule has 0 N–H and O–H groups in total. The second-order valence-corrected chi connectivity index (χ2v) is 4.26. The number of nitrogens with zero attached hydrogens (tertiary/aromatic N) is 2. The summed E-state index contributed by atoms with van der Waals surface area (Å²) in [6.45, 7) is 3.21. The van der Waals surface area contributed by atoms with Crippen LogP contribution in [0.3, 0.4) is 0 Å². The van der Waals surface area contributed by atoms with E-state index in [2.05, 4.69) is 33.0 Å². The van der Waals surface area contributed by atoms with Crippen LogP contribution >= 0.6 is 15.9 Å². The topological polar surface area (TPSA) is 36.3 Å². The lowest BCUT2D eigenvalue weighted by atomic mass is 10.1. The number of hydrogen-bond donors (Lipinski definition) is 0. The molecule has 1 aliphatic rings. The van der Waals surface area contributed by atoms with Gasteiger partial charge in [0.25, 0.3) is 0 Å². The normalized spacial score (nSPS) is 15.9. The molecule has 1 aliphatic heterocycles. The Hall–Kier alpha value is -1.05. The summed E-state index contributed by atoms with van der Waals surface area (Å²) in [7, 11) is 0. The second-order valence-electron chi connectivity index (χ2n) is 3.70. The van der Waals surface area contributed by atoms with Crippen molar-refractivity contribution in [2.75, 3.05) is 31.2 Å². The molecular formula is C12H13BrN2O. The van der Waals surface area contributed by atoms with Crippen LogP contribution in [-0.2, 0) is 10.1 Å². The van der Waals surface area contributed by atoms with E-state index >= 15 is 0 Å². The Labute approximate surface area is 104 Å². The van der Waals surface area contributed by atoms with Crippen LogP contribution in [0.5, 0.6) is 0 Å². The molecule has 16 heavy (non-hydrogen) atoms. The molecule has 3 nitrogen and oxygen atoms in total. The molecule has 84 valence electrons. The maximum absolute atomic E-state index is 9.15. The molecule has 2 rings (SSSR count). The van der Waals surface area contributed by atoms with E-state index in [1.54, 1.807) is 0 Å². The van der Waals surface area contributed by atoms with Gasteiger partial charge in [-0.3, -0.25) is 0 Å². The van der Waals surface area contributed by atoms with Gasteiger partial charge in [-0.25, -0.2) is 0 Å². The van der Waals surface area contributed by atoms with Gasteiger partial charge in [-0.05, 0) is 17.7 Å². The molecule has 0 bridgehead atoms. The number of hydrogen-bond acceptors (Lipinski definition) is 3. The highest BCUT2D eigenvalue weighted by molar-refractivity contribution is 9.08. The number of benzene rings is 1. The second kappa shape index (κ2) is 5.33. The zero-order valence-corrected chi connectivity index (χ0v) is 10.5. The molecule has 0 saturated carbocycles. The number of nitriles is 1. The van der Waals surface area contributed by atoms with Gasteiger partial charge in [-0.1, -0.05) is 22.0 Å². The number of anilines is 1. The SMILES string of the molecule is N#Cc1cc(CBr)ccc1N1CCOCC1. The third-order valence-corrected chi connectivity index (χ3v) is 3.33. The summed E-state index contributed by atoms with van der Waals surface area (Å²) >= 11 is 3.40. The molecule has 1 aromatic carbocycles. The average molecular weight is 281 g/mol. The highest BCUT2D eigenvalue weighted by atomic mass is 79.9. The monoisotopic (exact) mass is 280 g/mol. The minimum Gasteiger partial charge on any atom is -0.378 e. The van der Waals surface area contributed by atoms with E-state index in [4.69, 9.17) is 10.00 Å². The van der Waals surface area contributed by atoms with Crippen LogP contribution in [0.1, 0.15) is 11.1 Å². The van der Waals surface area contributed by atoms with Crippen molar-refractivity contribution in [3.8, 4) is 6.07 Å². The summed E-state index contributed by atoms with van der Waals surface area (Å²) < 4.78 is 5.31. The average Bonchev–Trinajstić information content (AvgIpc) is 2.39. The zero-order valence-electron chi connectivity index (χ0n) is 8.95. The van der Waals surface area contributed by atoms with Gasteiger partial charge in [-0.2, -0.15) is 5.26 Å². The first-order valence-corrected chi connectivity index (χ1v) is 6.39. The molecule has 0 spiro atoms. The van der Waals surface area contributed by atoms with Crippen LogP contribution in [0.2, 0.25) is 0 Å². The Morgan fingerprint density at radius 3 is 2.75 bits per heavy atom. The van der Waals surface area contributed by atoms with Crippen molar-refractivity contribution in [3.63, 3.8) is 0 Å². The number of rotatable bonds is 2. The van der Waals surface area contributed by atoms with E-state index in [1.165, 1.54) is 0 Å². The van der Waals surface area contributed by atoms with Gasteiger partial charge in [-0.15, -0.1) is 0 Å². The molecule has 0 aliphatic carbocycles. The first kappa shape index (κ1) is 11.4. The third-order valence-electron chi connectivity index (χ3n) is 2.69. The van der Waals surface area contributed by atoms with Crippen LogP contribution in [0.15, 0.2) is 18.2 Å². The summed E-state index contributed by atoms with van der Waals surface area (Å²) in [4.78, 5) is 2.21. The van der Waals surface area contributed by atoms with Gasteiger partial charge in [0.05, 0.1) is 24.5 Å². The van der Waals surface area contributed by atoms with E-state index in [0.29, 0.717) is 0 Å². The van der Waals surface area contributed by atoms with Crippen molar-refractivity contribution in [1.82, 2.24) is 0 Å². The number of alkyl halides is 1. The van der Waals surface area contributed by atoms with E-state index in [-0.39, 0.29) is 0 Å². The lowest BCUT2D eigenvalue weighted by Crippen LogP contribution is -2.36. The summed E-state index contributed by atoms with van der Waals surface area (Å²) in [6, 6.07) is 8.29. The molecule has 0 atom stereocenters. The zero-order chi connectivity index (χ0) is 11.4. The molecule has 0 radical (unpaired) electrons. The fourth-order valence-corrected chi connectivity index (χ4v) is 2.18. The van der Waals surface area contributed by atoms with Crippen molar-refractivity contribution in [1.29, 1.82) is 5.26 Å². The molecule has 4 heteroatoms. The van der Waals surface area contributed by atoms with Crippen LogP contribution in [0.4, 0.5) is 5.69 Å². The first-order chi connectivity index (χ1) is 7.85. The van der Waals surface area contributed by atoms with Crippen molar-refractivity contribution < 1.29 is 4.74 Å². The highest BCUT2D eigenvalue weighted by Gasteiger charge is 2.14. The van der Waals surface area contributed by atoms with E-state index in [0.717, 1.165) is 48.4 Å². The van der Waals surface area contributed by atoms with Gasteiger partial charge in [0.15, 0.2) is 0 Å². The predicted octanol–water partition coefficient (Wildman–Crippen LogP) is 2.29. The molecule has 1 fully saturated rings. The maximum atomic E-state index is 9.15. The number of halogens is 1. The number of ether oxygens (including phenoxy) is 1. The molecule has 1 heterocycles. The number of morpholine rings is 1. The minimum atomic E-state index is 0.741. The molecule has 0 amide bonds. The third kappa shape index (κ3) is 2.37. The Kier molecular flexibility index (Phi) is 3.81. The quantitative estimate of drug-likeness (QED) is 0.780. The summed E-state index contributed by atoms with van der Waals surface area (Å²) in [5.74, 6) is 0. The van der Waals surface area contributed by atoms with E-state index < -0.39 is 0 Å². The molecule has 0 aromatic heterocycles. The Balaban J connectivity index is 2.29. The molecule has 1 aromatic rings. The van der Waals surface area contributed by atoms with E-state index in [1.807, 2.05) is 12.1 Å². The van der Waals surface area contributed by atoms with Crippen LogP contribution < -0.4 is 4.90 Å². The van der Waals surface area contributed by atoms with Crippen LogP contribution in [-0.4, -0.2) is 26.3 Å². The standard InChI is InChI=1S/C12H13BrN2O/c13-8-10-1-2-12(11(7-10)9-14)15-3-5-16-6-4-15/h1-2,7H,3-6,8H2. The largest absolute Gasteiger partial charge is 0.378 e. The van der Waals surface area contributed by atoms with Gasteiger partial charge in [0, 0.05) is 18.4 Å². The fraction of sp³-hybridized carbons (Fsp3) is 0.417. The fourth-order valence-electron chi connectivity index (χ4n) is 1.84. The summed E-state index contributed by atoms with van der Waals surface area (Å²) in [5, 5.41) is 9.93. The van der Waals surface area contributed by atoms with E-state index in [9.17, 15) is 0 Å². The molecule has 1 saturated heterocycles. The molecular weight excluding hydrogens is 268 g/mol. The Bertz CT molecular complexity index is 408. The van der Waals surface area contributed by atoms with Gasteiger partial charge < -0.3 is 9.64 Å². The first-order valence-electron chi connectivity index (χ1n) is 5.27. The summed E-state index contributed by atoms with van der Waals surface area (Å²) in [6.07, 6.45) is 0. The van der Waals surface area contributed by atoms with Crippen LogP contribution in [0, 0.1) is 11.3 Å². The Morgan fingerprint density at radius 2 is 2.12 bits per heavy atom. The van der Waals surface area contributed by atoms with Crippen molar-refractivity contribution in [2.24, 2.45) is 0 Å². The van der Waals surface area contributed by atoms with Crippen molar-refractivity contribution in [3.05, 3.63) is 29.3 Å². The smallest absolute Gasteiger partial charge is 0.101 e. The predicted molar refractivity (Wildman–Crippen MR) is 66.8 cm³/mol.